The van der Waals surface area contributed by atoms with E-state index in [1.807, 2.05) is 6.07 Å². The molecule has 1 saturated heterocycles. The van der Waals surface area contributed by atoms with Gasteiger partial charge in [0.05, 0.1) is 28.2 Å². The molecule has 0 unspecified atom stereocenters. The quantitative estimate of drug-likeness (QED) is 0.550. The Kier molecular flexibility index (Phi) is 8.86. The SMILES string of the molecule is CC(C)S(=O)(=O)NCCCCCNc1ccc(N2C[C@@H](C)O[C@@H](C)C2)c(Cl)c1. The number of hydrogen-bond donors (Lipinski definition) is 2. The molecule has 1 heterocycles. The molecule has 1 aliphatic rings. The smallest absolute Gasteiger partial charge is 0.213 e. The van der Waals surface area contributed by atoms with E-state index in [9.17, 15) is 8.42 Å². The molecule has 28 heavy (non-hydrogen) atoms. The first-order chi connectivity index (χ1) is 13.2. The largest absolute Gasteiger partial charge is 0.385 e. The summed E-state index contributed by atoms with van der Waals surface area (Å²) in [5.41, 5.74) is 2.05. The molecule has 1 aromatic rings. The number of hydrogen-bond acceptors (Lipinski definition) is 5. The van der Waals surface area contributed by atoms with Gasteiger partial charge in [-0.2, -0.15) is 0 Å². The molecule has 160 valence electrons. The molecule has 0 aromatic heterocycles. The van der Waals surface area contributed by atoms with Crippen molar-refractivity contribution < 1.29 is 13.2 Å². The van der Waals surface area contributed by atoms with Crippen molar-refractivity contribution in [3.8, 4) is 0 Å². The van der Waals surface area contributed by atoms with Crippen LogP contribution in [0, 0.1) is 0 Å². The Morgan fingerprint density at radius 2 is 1.79 bits per heavy atom. The monoisotopic (exact) mass is 431 g/mol. The number of benzene rings is 1. The summed E-state index contributed by atoms with van der Waals surface area (Å²) in [6, 6.07) is 6.09. The molecule has 2 N–H and O–H groups in total. The molecular weight excluding hydrogens is 398 g/mol. The summed E-state index contributed by atoms with van der Waals surface area (Å²) in [4.78, 5) is 2.28. The van der Waals surface area contributed by atoms with Gasteiger partial charge in [0.25, 0.3) is 0 Å². The molecule has 2 atom stereocenters. The Balaban J connectivity index is 1.72. The number of morpholine rings is 1. The Morgan fingerprint density at radius 3 is 2.39 bits per heavy atom. The fourth-order valence-corrected chi connectivity index (χ4v) is 4.35. The molecule has 6 nitrogen and oxygen atoms in total. The highest BCUT2D eigenvalue weighted by molar-refractivity contribution is 7.90. The van der Waals surface area contributed by atoms with Crippen LogP contribution >= 0.6 is 11.6 Å². The molecule has 0 aliphatic carbocycles. The zero-order valence-electron chi connectivity index (χ0n) is 17.4. The highest BCUT2D eigenvalue weighted by atomic mass is 35.5. The summed E-state index contributed by atoms with van der Waals surface area (Å²) in [7, 11) is -3.15. The Labute approximate surface area is 175 Å². The topological polar surface area (TPSA) is 70.7 Å². The second-order valence-corrected chi connectivity index (χ2v) is 10.5. The number of nitrogens with one attached hydrogen (secondary N) is 2. The van der Waals surface area contributed by atoms with Gasteiger partial charge in [0.1, 0.15) is 0 Å². The van der Waals surface area contributed by atoms with E-state index >= 15 is 0 Å². The standard InChI is InChI=1S/C20H34ClN3O3S/c1-15(2)28(25,26)23-11-7-5-6-10-22-18-8-9-20(19(21)12-18)24-13-16(3)27-17(4)14-24/h8-9,12,15-17,22-23H,5-7,10-11,13-14H2,1-4H3/t16-,17+. The minimum absolute atomic E-state index is 0.197. The highest BCUT2D eigenvalue weighted by Gasteiger charge is 2.23. The van der Waals surface area contributed by atoms with Gasteiger partial charge in [-0.25, -0.2) is 13.1 Å². The van der Waals surface area contributed by atoms with Crippen LogP contribution in [0.15, 0.2) is 18.2 Å². The molecule has 8 heteroatoms. The lowest BCUT2D eigenvalue weighted by Crippen LogP contribution is -2.45. The maximum Gasteiger partial charge on any atom is 0.213 e. The van der Waals surface area contributed by atoms with E-state index in [-0.39, 0.29) is 17.5 Å². The van der Waals surface area contributed by atoms with Crippen molar-refractivity contribution in [3.63, 3.8) is 0 Å². The predicted octanol–water partition coefficient (Wildman–Crippen LogP) is 3.86. The normalized spacial score (nSPS) is 20.6. The van der Waals surface area contributed by atoms with Crippen LogP contribution in [0.3, 0.4) is 0 Å². The molecule has 0 amide bonds. The average Bonchev–Trinajstić information content (AvgIpc) is 2.60. The first kappa shape index (κ1) is 23.3. The minimum atomic E-state index is -3.15. The lowest BCUT2D eigenvalue weighted by atomic mass is 10.2. The van der Waals surface area contributed by atoms with Gasteiger partial charge in [0, 0.05) is 31.9 Å². The van der Waals surface area contributed by atoms with Crippen LogP contribution in [0.4, 0.5) is 11.4 Å². The van der Waals surface area contributed by atoms with Crippen molar-refractivity contribution in [3.05, 3.63) is 23.2 Å². The van der Waals surface area contributed by atoms with Crippen LogP contribution in [0.1, 0.15) is 47.0 Å². The van der Waals surface area contributed by atoms with Crippen molar-refractivity contribution in [1.29, 1.82) is 0 Å². The van der Waals surface area contributed by atoms with E-state index in [2.05, 4.69) is 40.9 Å². The van der Waals surface area contributed by atoms with E-state index < -0.39 is 10.0 Å². The Morgan fingerprint density at radius 1 is 1.14 bits per heavy atom. The van der Waals surface area contributed by atoms with Crippen LogP contribution < -0.4 is 14.9 Å². The van der Waals surface area contributed by atoms with Crippen molar-refractivity contribution in [2.75, 3.05) is 36.4 Å². The van der Waals surface area contributed by atoms with E-state index in [1.165, 1.54) is 0 Å². The fourth-order valence-electron chi connectivity index (χ4n) is 3.29. The number of rotatable bonds is 10. The Hall–Kier alpha value is -1.02. The second kappa shape index (κ2) is 10.7. The van der Waals surface area contributed by atoms with Gasteiger partial charge in [-0.3, -0.25) is 0 Å². The summed E-state index contributed by atoms with van der Waals surface area (Å²) >= 11 is 6.52. The van der Waals surface area contributed by atoms with Crippen molar-refractivity contribution >= 4 is 33.0 Å². The molecule has 0 bridgehead atoms. The van der Waals surface area contributed by atoms with Crippen molar-refractivity contribution in [1.82, 2.24) is 4.72 Å². The molecule has 0 spiro atoms. The van der Waals surface area contributed by atoms with Gasteiger partial charge >= 0.3 is 0 Å². The number of halogens is 1. The van der Waals surface area contributed by atoms with Gasteiger partial charge in [0.15, 0.2) is 0 Å². The van der Waals surface area contributed by atoms with E-state index in [0.717, 1.165) is 55.3 Å². The van der Waals surface area contributed by atoms with Crippen molar-refractivity contribution in [2.45, 2.75) is 64.4 Å². The third-order valence-electron chi connectivity index (χ3n) is 4.81. The number of ether oxygens (including phenoxy) is 1. The molecule has 1 fully saturated rings. The third-order valence-corrected chi connectivity index (χ3v) is 6.96. The van der Waals surface area contributed by atoms with Crippen LogP contribution in [0.2, 0.25) is 5.02 Å². The Bertz CT molecular complexity index is 717. The van der Waals surface area contributed by atoms with Gasteiger partial charge in [0.2, 0.25) is 10.0 Å². The summed E-state index contributed by atoms with van der Waals surface area (Å²) in [5, 5.41) is 3.75. The van der Waals surface area contributed by atoms with Gasteiger partial charge in [-0.1, -0.05) is 18.0 Å². The molecule has 1 aliphatic heterocycles. The first-order valence-electron chi connectivity index (χ1n) is 10.1. The lowest BCUT2D eigenvalue weighted by molar-refractivity contribution is -0.00520. The van der Waals surface area contributed by atoms with Gasteiger partial charge in [-0.15, -0.1) is 0 Å². The van der Waals surface area contributed by atoms with Crippen LogP contribution in [0.25, 0.3) is 0 Å². The minimum Gasteiger partial charge on any atom is -0.385 e. The molecule has 0 radical (unpaired) electrons. The van der Waals surface area contributed by atoms with E-state index in [0.29, 0.717) is 6.54 Å². The zero-order valence-corrected chi connectivity index (χ0v) is 18.9. The number of sulfonamides is 1. The fraction of sp³-hybridized carbons (Fsp3) is 0.700. The van der Waals surface area contributed by atoms with Crippen LogP contribution in [-0.4, -0.2) is 52.1 Å². The molecule has 1 aromatic carbocycles. The number of anilines is 2. The average molecular weight is 432 g/mol. The van der Waals surface area contributed by atoms with Gasteiger partial charge < -0.3 is 15.0 Å². The van der Waals surface area contributed by atoms with Crippen molar-refractivity contribution in [2.24, 2.45) is 0 Å². The number of unbranched alkanes of at least 4 members (excludes halogenated alkanes) is 2. The van der Waals surface area contributed by atoms with Crippen LogP contribution in [0.5, 0.6) is 0 Å². The first-order valence-corrected chi connectivity index (χ1v) is 12.0. The predicted molar refractivity (Wildman–Crippen MR) is 118 cm³/mol. The molecule has 2 rings (SSSR count). The highest BCUT2D eigenvalue weighted by Crippen LogP contribution is 2.31. The van der Waals surface area contributed by atoms with Gasteiger partial charge in [-0.05, 0) is 58.7 Å². The third kappa shape index (κ3) is 7.10. The number of nitrogens with zero attached hydrogens (tertiary/aromatic N) is 1. The summed E-state index contributed by atoms with van der Waals surface area (Å²) < 4.78 is 31.8. The van der Waals surface area contributed by atoms with E-state index in [4.69, 9.17) is 16.3 Å². The summed E-state index contributed by atoms with van der Waals surface area (Å²) in [6.07, 6.45) is 3.16. The lowest BCUT2D eigenvalue weighted by Gasteiger charge is -2.37. The zero-order chi connectivity index (χ0) is 20.7. The maximum atomic E-state index is 11.7. The molecule has 0 saturated carbocycles. The maximum absolute atomic E-state index is 11.7. The molecular formula is C20H34ClN3O3S. The van der Waals surface area contributed by atoms with E-state index in [1.54, 1.807) is 13.8 Å². The second-order valence-electron chi connectivity index (χ2n) is 7.80. The van der Waals surface area contributed by atoms with Crippen LogP contribution in [-0.2, 0) is 14.8 Å². The summed E-state index contributed by atoms with van der Waals surface area (Å²) in [6.45, 7) is 10.6. The summed E-state index contributed by atoms with van der Waals surface area (Å²) in [5.74, 6) is 0.